The van der Waals surface area contributed by atoms with Crippen LogP contribution in [0.15, 0.2) is 29.1 Å². The smallest absolute Gasteiger partial charge is 0.0994 e. The van der Waals surface area contributed by atoms with Gasteiger partial charge in [0.25, 0.3) is 0 Å². The maximum Gasteiger partial charge on any atom is 0.0994 e. The molecule has 0 amide bonds. The van der Waals surface area contributed by atoms with E-state index in [4.69, 9.17) is 0 Å². The first-order valence-electron chi connectivity index (χ1n) is 7.44. The van der Waals surface area contributed by atoms with Crippen LogP contribution in [-0.4, -0.2) is 9.38 Å². The van der Waals surface area contributed by atoms with Crippen LogP contribution in [0, 0.1) is 5.92 Å². The Morgan fingerprint density at radius 2 is 2.05 bits per heavy atom. The van der Waals surface area contributed by atoms with Crippen molar-refractivity contribution >= 4 is 21.4 Å². The molecular weight excluding hydrogens is 300 g/mol. The van der Waals surface area contributed by atoms with Crippen LogP contribution in [0.4, 0.5) is 0 Å². The SMILES string of the molecule is Brc1ccc2cncn2c1CCCC1CCCCC1. The summed E-state index contributed by atoms with van der Waals surface area (Å²) in [5.74, 6) is 0.981. The molecule has 0 bridgehead atoms. The number of aryl methyl sites for hydroxylation is 1. The standard InChI is InChI=1S/C16H21BrN2/c17-15-10-9-14-11-18-12-19(14)16(15)8-4-7-13-5-2-1-3-6-13/h9-13H,1-8H2. The molecule has 102 valence electrons. The van der Waals surface area contributed by atoms with E-state index >= 15 is 0 Å². The van der Waals surface area contributed by atoms with Gasteiger partial charge in [0.1, 0.15) is 0 Å². The van der Waals surface area contributed by atoms with E-state index in [9.17, 15) is 0 Å². The molecule has 0 aliphatic heterocycles. The lowest BCUT2D eigenvalue weighted by Crippen LogP contribution is -2.07. The van der Waals surface area contributed by atoms with Crippen LogP contribution in [0.5, 0.6) is 0 Å². The zero-order chi connectivity index (χ0) is 13.1. The maximum atomic E-state index is 4.24. The van der Waals surface area contributed by atoms with E-state index in [1.165, 1.54) is 60.6 Å². The zero-order valence-electron chi connectivity index (χ0n) is 11.3. The summed E-state index contributed by atoms with van der Waals surface area (Å²) in [6.45, 7) is 0. The number of fused-ring (bicyclic) bond motifs is 1. The molecule has 1 saturated carbocycles. The third-order valence-electron chi connectivity index (χ3n) is 4.38. The fraction of sp³-hybridized carbons (Fsp3) is 0.562. The first-order chi connectivity index (χ1) is 9.34. The second kappa shape index (κ2) is 6.08. The molecule has 0 atom stereocenters. The number of rotatable bonds is 4. The summed E-state index contributed by atoms with van der Waals surface area (Å²) in [7, 11) is 0. The van der Waals surface area contributed by atoms with Gasteiger partial charge in [-0.05, 0) is 46.8 Å². The Balaban J connectivity index is 1.64. The summed E-state index contributed by atoms with van der Waals surface area (Å²) < 4.78 is 3.42. The fourth-order valence-electron chi connectivity index (χ4n) is 3.30. The van der Waals surface area contributed by atoms with Crippen molar-refractivity contribution in [2.75, 3.05) is 0 Å². The van der Waals surface area contributed by atoms with Gasteiger partial charge in [0.15, 0.2) is 0 Å². The number of imidazole rings is 1. The number of hydrogen-bond donors (Lipinski definition) is 0. The van der Waals surface area contributed by atoms with E-state index in [-0.39, 0.29) is 0 Å². The molecule has 19 heavy (non-hydrogen) atoms. The number of hydrogen-bond acceptors (Lipinski definition) is 1. The predicted octanol–water partition coefficient (Wildman–Crippen LogP) is 5.00. The second-order valence-corrected chi connectivity index (χ2v) is 6.57. The molecule has 0 saturated heterocycles. The van der Waals surface area contributed by atoms with Gasteiger partial charge in [-0.3, -0.25) is 0 Å². The lowest BCUT2D eigenvalue weighted by atomic mass is 9.85. The van der Waals surface area contributed by atoms with Crippen molar-refractivity contribution in [2.24, 2.45) is 5.92 Å². The average Bonchev–Trinajstić information content (AvgIpc) is 2.91. The highest BCUT2D eigenvalue weighted by Crippen LogP contribution is 2.28. The van der Waals surface area contributed by atoms with Gasteiger partial charge in [0.2, 0.25) is 0 Å². The van der Waals surface area contributed by atoms with E-state index in [2.05, 4.69) is 37.4 Å². The van der Waals surface area contributed by atoms with Crippen molar-refractivity contribution in [1.82, 2.24) is 9.38 Å². The summed E-state index contributed by atoms with van der Waals surface area (Å²) in [5, 5.41) is 0. The number of halogens is 1. The number of nitrogens with zero attached hydrogens (tertiary/aromatic N) is 2. The lowest BCUT2D eigenvalue weighted by Gasteiger charge is -2.21. The second-order valence-electron chi connectivity index (χ2n) is 5.71. The molecule has 3 rings (SSSR count). The highest BCUT2D eigenvalue weighted by atomic mass is 79.9. The molecule has 2 aromatic rings. The van der Waals surface area contributed by atoms with Gasteiger partial charge in [0.05, 0.1) is 18.0 Å². The van der Waals surface area contributed by atoms with Crippen molar-refractivity contribution in [2.45, 2.75) is 51.4 Å². The Bertz CT molecular complexity index is 541. The Morgan fingerprint density at radius 1 is 1.21 bits per heavy atom. The van der Waals surface area contributed by atoms with Crippen LogP contribution >= 0.6 is 15.9 Å². The third-order valence-corrected chi connectivity index (χ3v) is 5.11. The summed E-state index contributed by atoms with van der Waals surface area (Å²) >= 11 is 3.68. The Labute approximate surface area is 123 Å². The summed E-state index contributed by atoms with van der Waals surface area (Å²) in [4.78, 5) is 4.24. The molecule has 2 nitrogen and oxygen atoms in total. The first-order valence-corrected chi connectivity index (χ1v) is 8.23. The third kappa shape index (κ3) is 3.02. The minimum atomic E-state index is 0.981. The fourth-order valence-corrected chi connectivity index (χ4v) is 3.82. The van der Waals surface area contributed by atoms with Gasteiger partial charge in [-0.2, -0.15) is 0 Å². The van der Waals surface area contributed by atoms with Crippen LogP contribution in [0.25, 0.3) is 5.52 Å². The van der Waals surface area contributed by atoms with E-state index in [0.29, 0.717) is 0 Å². The Hall–Kier alpha value is -0.830. The molecule has 0 unspecified atom stereocenters. The van der Waals surface area contributed by atoms with Gasteiger partial charge in [-0.25, -0.2) is 4.98 Å². The van der Waals surface area contributed by atoms with Gasteiger partial charge in [-0.15, -0.1) is 0 Å². The summed E-state index contributed by atoms with van der Waals surface area (Å²) in [6.07, 6.45) is 14.9. The molecule has 3 heteroatoms. The van der Waals surface area contributed by atoms with Crippen LogP contribution in [-0.2, 0) is 6.42 Å². The van der Waals surface area contributed by atoms with Crippen LogP contribution in [0.2, 0.25) is 0 Å². The summed E-state index contributed by atoms with van der Waals surface area (Å²) in [6, 6.07) is 4.26. The van der Waals surface area contributed by atoms with Crippen molar-refractivity contribution in [3.63, 3.8) is 0 Å². The lowest BCUT2D eigenvalue weighted by molar-refractivity contribution is 0.332. The summed E-state index contributed by atoms with van der Waals surface area (Å²) in [5.41, 5.74) is 2.56. The minimum absolute atomic E-state index is 0.981. The number of pyridine rings is 1. The van der Waals surface area contributed by atoms with Crippen LogP contribution < -0.4 is 0 Å². The molecule has 0 spiro atoms. The van der Waals surface area contributed by atoms with Crippen LogP contribution in [0.1, 0.15) is 50.6 Å². The average molecular weight is 321 g/mol. The monoisotopic (exact) mass is 320 g/mol. The van der Waals surface area contributed by atoms with E-state index in [1.807, 2.05) is 12.5 Å². The molecule has 2 aromatic heterocycles. The van der Waals surface area contributed by atoms with E-state index in [1.54, 1.807) is 0 Å². The molecule has 0 radical (unpaired) electrons. The van der Waals surface area contributed by atoms with Crippen molar-refractivity contribution in [3.8, 4) is 0 Å². The molecule has 0 aromatic carbocycles. The van der Waals surface area contributed by atoms with Crippen molar-refractivity contribution < 1.29 is 0 Å². The molecule has 1 fully saturated rings. The van der Waals surface area contributed by atoms with Gasteiger partial charge >= 0.3 is 0 Å². The highest BCUT2D eigenvalue weighted by Gasteiger charge is 2.13. The Morgan fingerprint density at radius 3 is 2.89 bits per heavy atom. The predicted molar refractivity (Wildman–Crippen MR) is 82.4 cm³/mol. The highest BCUT2D eigenvalue weighted by molar-refractivity contribution is 9.10. The molecule has 0 N–H and O–H groups in total. The molecule has 1 aliphatic carbocycles. The largest absolute Gasteiger partial charge is 0.302 e. The van der Waals surface area contributed by atoms with Gasteiger partial charge in [-0.1, -0.05) is 38.5 Å². The van der Waals surface area contributed by atoms with Gasteiger partial charge in [0, 0.05) is 10.2 Å². The molecule has 1 aliphatic rings. The number of aromatic nitrogens is 2. The zero-order valence-corrected chi connectivity index (χ0v) is 12.9. The van der Waals surface area contributed by atoms with Crippen LogP contribution in [0.3, 0.4) is 0 Å². The van der Waals surface area contributed by atoms with Crippen molar-refractivity contribution in [3.05, 3.63) is 34.8 Å². The normalized spacial score (nSPS) is 17.1. The maximum absolute atomic E-state index is 4.24. The topological polar surface area (TPSA) is 17.3 Å². The molecule has 2 heterocycles. The van der Waals surface area contributed by atoms with E-state index < -0.39 is 0 Å². The van der Waals surface area contributed by atoms with E-state index in [0.717, 1.165) is 12.3 Å². The molecular formula is C16H21BrN2. The minimum Gasteiger partial charge on any atom is -0.302 e. The van der Waals surface area contributed by atoms with Gasteiger partial charge < -0.3 is 4.40 Å². The van der Waals surface area contributed by atoms with Crippen molar-refractivity contribution in [1.29, 1.82) is 0 Å². The quantitative estimate of drug-likeness (QED) is 0.774. The first kappa shape index (κ1) is 13.2. The Kier molecular flexibility index (Phi) is 4.21.